The Labute approximate surface area is 142 Å². The monoisotopic (exact) mass is 398 g/mol. The van der Waals surface area contributed by atoms with Gasteiger partial charge in [0.15, 0.2) is 6.10 Å². The van der Waals surface area contributed by atoms with Crippen molar-refractivity contribution in [1.29, 1.82) is 0 Å². The Morgan fingerprint density at radius 3 is 1.54 bits per heavy atom. The number of esters is 2. The fourth-order valence-corrected chi connectivity index (χ4v) is 1.25. The average Bonchev–Trinajstić information content (AvgIpc) is 2.45. The highest BCUT2D eigenvalue weighted by Crippen LogP contribution is 2.54. The van der Waals surface area contributed by atoms with Crippen LogP contribution in [0.2, 0.25) is 0 Å². The predicted octanol–water partition coefficient (Wildman–Crippen LogP) is 4.11. The lowest BCUT2D eigenvalue weighted by Gasteiger charge is -2.37. The molecule has 0 saturated heterocycles. The summed E-state index contributed by atoms with van der Waals surface area (Å²) < 4.78 is 115. The van der Waals surface area contributed by atoms with Gasteiger partial charge in [-0.2, -0.15) is 35.1 Å². The minimum Gasteiger partial charge on any atom is -0.453 e. The van der Waals surface area contributed by atoms with Crippen molar-refractivity contribution in [2.75, 3.05) is 0 Å². The number of carbonyl (C=O) groups is 2. The van der Waals surface area contributed by atoms with Crippen molar-refractivity contribution >= 4 is 11.9 Å². The maximum absolute atomic E-state index is 13.7. The Morgan fingerprint density at radius 2 is 1.19 bits per heavy atom. The van der Waals surface area contributed by atoms with E-state index in [-0.39, 0.29) is 6.92 Å². The molecule has 0 bridgehead atoms. The maximum atomic E-state index is 13.7. The smallest absolute Gasteiger partial charge is 0.453 e. The van der Waals surface area contributed by atoms with Gasteiger partial charge in [0, 0.05) is 11.1 Å². The summed E-state index contributed by atoms with van der Waals surface area (Å²) in [5, 5.41) is 0. The average molecular weight is 398 g/mol. The molecule has 0 rings (SSSR count). The standard InChI is InChI=1S/C14H14F8O4/c1-6(2)9(23)25-8(5)11(15,16)12(17,18)13(19,20)14(21,22)26-10(24)7(3)4/h8H,1,3H2,2,4-5H3. The van der Waals surface area contributed by atoms with Crippen molar-refractivity contribution in [3.05, 3.63) is 24.3 Å². The largest absolute Gasteiger partial charge is 0.473 e. The van der Waals surface area contributed by atoms with Crippen molar-refractivity contribution < 1.29 is 54.2 Å². The molecule has 0 aliphatic heterocycles. The van der Waals surface area contributed by atoms with Gasteiger partial charge in [-0.15, -0.1) is 0 Å². The van der Waals surface area contributed by atoms with E-state index in [0.717, 1.165) is 13.8 Å². The topological polar surface area (TPSA) is 52.6 Å². The summed E-state index contributed by atoms with van der Waals surface area (Å²) in [5.41, 5.74) is -1.41. The van der Waals surface area contributed by atoms with E-state index in [1.807, 2.05) is 0 Å². The zero-order chi connectivity index (χ0) is 21.3. The summed E-state index contributed by atoms with van der Waals surface area (Å²) in [5.74, 6) is -23.5. The van der Waals surface area contributed by atoms with E-state index in [1.165, 1.54) is 0 Å². The number of halogens is 8. The third-order valence-electron chi connectivity index (χ3n) is 2.89. The van der Waals surface area contributed by atoms with Crippen molar-refractivity contribution in [2.24, 2.45) is 0 Å². The van der Waals surface area contributed by atoms with E-state index >= 15 is 0 Å². The van der Waals surface area contributed by atoms with Gasteiger partial charge in [-0.1, -0.05) is 13.2 Å². The first kappa shape index (κ1) is 23.9. The highest BCUT2D eigenvalue weighted by Gasteiger charge is 2.84. The van der Waals surface area contributed by atoms with E-state index in [0.29, 0.717) is 0 Å². The summed E-state index contributed by atoms with van der Waals surface area (Å²) >= 11 is 0. The van der Waals surface area contributed by atoms with Crippen LogP contribution in [0.25, 0.3) is 0 Å². The molecule has 0 aromatic carbocycles. The molecule has 12 heteroatoms. The van der Waals surface area contributed by atoms with Crippen LogP contribution in [0.4, 0.5) is 35.1 Å². The predicted molar refractivity (Wildman–Crippen MR) is 71.1 cm³/mol. The molecule has 0 amide bonds. The molecule has 4 nitrogen and oxygen atoms in total. The molecule has 1 unspecified atom stereocenters. The van der Waals surface area contributed by atoms with E-state index in [2.05, 4.69) is 22.6 Å². The van der Waals surface area contributed by atoms with Crippen molar-refractivity contribution in [2.45, 2.75) is 50.8 Å². The van der Waals surface area contributed by atoms with Crippen LogP contribution >= 0.6 is 0 Å². The lowest BCUT2D eigenvalue weighted by atomic mass is 9.99. The number of rotatable bonds is 8. The molecule has 26 heavy (non-hydrogen) atoms. The van der Waals surface area contributed by atoms with Crippen LogP contribution in [0.3, 0.4) is 0 Å². The van der Waals surface area contributed by atoms with Crippen LogP contribution in [-0.2, 0) is 19.1 Å². The van der Waals surface area contributed by atoms with E-state index in [4.69, 9.17) is 0 Å². The molecule has 150 valence electrons. The first-order chi connectivity index (χ1) is 11.3. The summed E-state index contributed by atoms with van der Waals surface area (Å²) in [6.45, 7) is 7.45. The molecular weight excluding hydrogens is 384 g/mol. The molecular formula is C14H14F8O4. The Bertz CT molecular complexity index is 612. The van der Waals surface area contributed by atoms with Crippen LogP contribution in [0.1, 0.15) is 20.8 Å². The van der Waals surface area contributed by atoms with Gasteiger partial charge in [0.2, 0.25) is 0 Å². The highest BCUT2D eigenvalue weighted by molar-refractivity contribution is 5.87. The van der Waals surface area contributed by atoms with Crippen LogP contribution in [-0.4, -0.2) is 41.9 Å². The van der Waals surface area contributed by atoms with Gasteiger partial charge >= 0.3 is 35.8 Å². The fourth-order valence-electron chi connectivity index (χ4n) is 1.25. The van der Waals surface area contributed by atoms with Gasteiger partial charge in [0.25, 0.3) is 0 Å². The molecule has 1 atom stereocenters. The first-order valence-corrected chi connectivity index (χ1v) is 6.59. The fraction of sp³-hybridized carbons (Fsp3) is 0.571. The maximum Gasteiger partial charge on any atom is 0.473 e. The Morgan fingerprint density at radius 1 is 0.808 bits per heavy atom. The summed E-state index contributed by atoms with van der Waals surface area (Å²) in [6.07, 6.45) is -9.58. The second-order valence-corrected chi connectivity index (χ2v) is 5.29. The molecule has 0 heterocycles. The number of alkyl halides is 8. The summed E-state index contributed by atoms with van der Waals surface area (Å²) in [7, 11) is 0. The summed E-state index contributed by atoms with van der Waals surface area (Å²) in [4.78, 5) is 22.0. The number of carbonyl (C=O) groups excluding carboxylic acids is 2. The van der Waals surface area contributed by atoms with Crippen molar-refractivity contribution in [3.8, 4) is 0 Å². The number of hydrogen-bond donors (Lipinski definition) is 0. The number of ether oxygens (including phenoxy) is 2. The second-order valence-electron chi connectivity index (χ2n) is 5.29. The third-order valence-corrected chi connectivity index (χ3v) is 2.89. The summed E-state index contributed by atoms with van der Waals surface area (Å²) in [6, 6.07) is 0. The molecule has 0 N–H and O–H groups in total. The molecule has 0 radical (unpaired) electrons. The first-order valence-electron chi connectivity index (χ1n) is 6.59. The minimum atomic E-state index is -6.86. The second kappa shape index (κ2) is 7.23. The lowest BCUT2D eigenvalue weighted by Crippen LogP contribution is -2.66. The van der Waals surface area contributed by atoms with Crippen LogP contribution < -0.4 is 0 Å². The molecule has 0 aliphatic rings. The van der Waals surface area contributed by atoms with Crippen LogP contribution in [0.15, 0.2) is 24.3 Å². The molecule has 0 aromatic rings. The molecule has 0 saturated carbocycles. The van der Waals surface area contributed by atoms with Crippen molar-refractivity contribution in [3.63, 3.8) is 0 Å². The quantitative estimate of drug-likeness (QED) is 0.351. The zero-order valence-electron chi connectivity index (χ0n) is 13.6. The van der Waals surface area contributed by atoms with Gasteiger partial charge in [0.05, 0.1) is 0 Å². The Hall–Kier alpha value is -2.14. The van der Waals surface area contributed by atoms with E-state index < -0.39 is 53.1 Å². The lowest BCUT2D eigenvalue weighted by molar-refractivity contribution is -0.422. The highest BCUT2D eigenvalue weighted by atomic mass is 19.4. The molecule has 0 fully saturated rings. The van der Waals surface area contributed by atoms with E-state index in [9.17, 15) is 44.7 Å². The van der Waals surface area contributed by atoms with Crippen molar-refractivity contribution in [1.82, 2.24) is 0 Å². The zero-order valence-corrected chi connectivity index (χ0v) is 13.6. The Balaban J connectivity index is 5.85. The third kappa shape index (κ3) is 4.15. The van der Waals surface area contributed by atoms with Gasteiger partial charge < -0.3 is 9.47 Å². The Kier molecular flexibility index (Phi) is 6.64. The van der Waals surface area contributed by atoms with Crippen LogP contribution in [0.5, 0.6) is 0 Å². The van der Waals surface area contributed by atoms with Gasteiger partial charge in [-0.25, -0.2) is 9.59 Å². The van der Waals surface area contributed by atoms with E-state index in [1.54, 1.807) is 0 Å². The number of hydrogen-bond acceptors (Lipinski definition) is 4. The van der Waals surface area contributed by atoms with Gasteiger partial charge in [-0.3, -0.25) is 0 Å². The SMILES string of the molecule is C=C(C)C(=O)OC(C)C(F)(F)C(F)(F)C(F)(F)C(F)(F)OC(=O)C(=C)C. The van der Waals surface area contributed by atoms with Crippen LogP contribution in [0, 0.1) is 0 Å². The molecule has 0 spiro atoms. The normalized spacial score (nSPS) is 14.4. The van der Waals surface area contributed by atoms with Gasteiger partial charge in [0.1, 0.15) is 0 Å². The minimum absolute atomic E-state index is 0.0862. The van der Waals surface area contributed by atoms with Gasteiger partial charge in [-0.05, 0) is 20.8 Å². The molecule has 0 aromatic heterocycles. The molecule has 0 aliphatic carbocycles.